The zero-order chi connectivity index (χ0) is 14.4. The van der Waals surface area contributed by atoms with E-state index in [1.807, 2.05) is 0 Å². The van der Waals surface area contributed by atoms with E-state index in [2.05, 4.69) is 10.6 Å². The molecule has 1 saturated heterocycles. The molecule has 106 valence electrons. The Morgan fingerprint density at radius 3 is 2.53 bits per heavy atom. The van der Waals surface area contributed by atoms with E-state index in [0.717, 1.165) is 0 Å². The Bertz CT molecular complexity index is 395. The molecule has 4 N–H and O–H groups in total. The van der Waals surface area contributed by atoms with Gasteiger partial charge in [-0.05, 0) is 12.8 Å². The first-order chi connectivity index (χ1) is 8.90. The number of aliphatic carboxylic acids is 2. The fourth-order valence-corrected chi connectivity index (χ4v) is 1.79. The Labute approximate surface area is 109 Å². The molecule has 0 bridgehead atoms. The quantitative estimate of drug-likeness (QED) is 0.467. The molecule has 0 aromatic carbocycles. The third kappa shape index (κ3) is 4.94. The first-order valence-corrected chi connectivity index (χ1v) is 5.92. The number of carbonyl (C=O) groups excluding carboxylic acids is 2. The van der Waals surface area contributed by atoms with Crippen molar-refractivity contribution in [1.82, 2.24) is 10.6 Å². The van der Waals surface area contributed by atoms with E-state index in [1.54, 1.807) is 0 Å². The maximum atomic E-state index is 11.7. The van der Waals surface area contributed by atoms with Crippen LogP contribution in [0.1, 0.15) is 25.7 Å². The van der Waals surface area contributed by atoms with Crippen LogP contribution in [0.3, 0.4) is 0 Å². The molecule has 0 aromatic heterocycles. The smallest absolute Gasteiger partial charge is 0.326 e. The number of rotatable bonds is 7. The first kappa shape index (κ1) is 14.9. The van der Waals surface area contributed by atoms with E-state index in [9.17, 15) is 19.2 Å². The molecular formula is C11H16N2O6. The molecule has 8 nitrogen and oxygen atoms in total. The molecule has 1 heterocycles. The largest absolute Gasteiger partial charge is 0.481 e. The summed E-state index contributed by atoms with van der Waals surface area (Å²) in [6, 6.07) is -1.12. The minimum absolute atomic E-state index is 0.0431. The molecule has 1 unspecified atom stereocenters. The van der Waals surface area contributed by atoms with Crippen LogP contribution in [0.2, 0.25) is 0 Å². The van der Waals surface area contributed by atoms with Gasteiger partial charge in [-0.25, -0.2) is 4.79 Å². The van der Waals surface area contributed by atoms with Gasteiger partial charge in [0, 0.05) is 19.4 Å². The van der Waals surface area contributed by atoms with E-state index in [0.29, 0.717) is 0 Å². The molecular weight excluding hydrogens is 256 g/mol. The summed E-state index contributed by atoms with van der Waals surface area (Å²) in [4.78, 5) is 44.0. The molecule has 0 aromatic rings. The number of hydrogen-bond acceptors (Lipinski definition) is 4. The highest BCUT2D eigenvalue weighted by Crippen LogP contribution is 2.10. The van der Waals surface area contributed by atoms with Crippen LogP contribution in [0.25, 0.3) is 0 Å². The molecule has 0 spiro atoms. The SMILES string of the molecule is O=C(O)CCC[C@@H](NC(=O)C1CNC(=O)C1)C(=O)O. The van der Waals surface area contributed by atoms with E-state index in [-0.39, 0.29) is 38.1 Å². The molecule has 2 atom stereocenters. The van der Waals surface area contributed by atoms with Crippen molar-refractivity contribution in [3.63, 3.8) is 0 Å². The van der Waals surface area contributed by atoms with E-state index in [4.69, 9.17) is 10.2 Å². The van der Waals surface area contributed by atoms with Crippen LogP contribution in [-0.2, 0) is 19.2 Å². The summed E-state index contributed by atoms with van der Waals surface area (Å²) >= 11 is 0. The lowest BCUT2D eigenvalue weighted by molar-refractivity contribution is -0.143. The fraction of sp³-hybridized carbons (Fsp3) is 0.636. The van der Waals surface area contributed by atoms with Crippen molar-refractivity contribution in [2.45, 2.75) is 31.7 Å². The maximum Gasteiger partial charge on any atom is 0.326 e. The topological polar surface area (TPSA) is 133 Å². The molecule has 8 heteroatoms. The lowest BCUT2D eigenvalue weighted by atomic mass is 10.1. The molecule has 0 radical (unpaired) electrons. The van der Waals surface area contributed by atoms with Gasteiger partial charge < -0.3 is 20.8 Å². The van der Waals surface area contributed by atoms with Gasteiger partial charge in [0.2, 0.25) is 11.8 Å². The number of nitrogens with one attached hydrogen (secondary N) is 2. The normalized spacial score (nSPS) is 19.6. The van der Waals surface area contributed by atoms with Crippen LogP contribution >= 0.6 is 0 Å². The van der Waals surface area contributed by atoms with Gasteiger partial charge in [-0.15, -0.1) is 0 Å². The Balaban J connectivity index is 2.44. The van der Waals surface area contributed by atoms with Crippen LogP contribution in [0.15, 0.2) is 0 Å². The van der Waals surface area contributed by atoms with Gasteiger partial charge >= 0.3 is 11.9 Å². The number of carboxylic acid groups (broad SMARTS) is 2. The van der Waals surface area contributed by atoms with Gasteiger partial charge in [0.15, 0.2) is 0 Å². The van der Waals surface area contributed by atoms with Crippen molar-refractivity contribution in [2.24, 2.45) is 5.92 Å². The number of carbonyl (C=O) groups is 4. The Hall–Kier alpha value is -2.12. The summed E-state index contributed by atoms with van der Waals surface area (Å²) in [5.41, 5.74) is 0. The van der Waals surface area contributed by atoms with Crippen molar-refractivity contribution in [1.29, 1.82) is 0 Å². The van der Waals surface area contributed by atoms with E-state index in [1.165, 1.54) is 0 Å². The summed E-state index contributed by atoms with van der Waals surface area (Å²) in [7, 11) is 0. The molecule has 1 fully saturated rings. The average Bonchev–Trinajstić information content (AvgIpc) is 2.73. The highest BCUT2D eigenvalue weighted by molar-refractivity contribution is 5.91. The predicted octanol–water partition coefficient (Wildman–Crippen LogP) is -1.05. The third-order valence-electron chi connectivity index (χ3n) is 2.85. The molecule has 2 amide bonds. The number of hydrogen-bond donors (Lipinski definition) is 4. The van der Waals surface area contributed by atoms with Gasteiger partial charge in [-0.1, -0.05) is 0 Å². The lowest BCUT2D eigenvalue weighted by Gasteiger charge is -2.16. The fourth-order valence-electron chi connectivity index (χ4n) is 1.79. The van der Waals surface area contributed by atoms with Gasteiger partial charge in [0.25, 0.3) is 0 Å². The van der Waals surface area contributed by atoms with Crippen LogP contribution in [0.4, 0.5) is 0 Å². The van der Waals surface area contributed by atoms with Crippen molar-refractivity contribution in [3.05, 3.63) is 0 Å². The Kier molecular flexibility index (Phi) is 5.28. The monoisotopic (exact) mass is 272 g/mol. The molecule has 0 saturated carbocycles. The maximum absolute atomic E-state index is 11.7. The third-order valence-corrected chi connectivity index (χ3v) is 2.85. The van der Waals surface area contributed by atoms with E-state index >= 15 is 0 Å². The second-order valence-corrected chi connectivity index (χ2v) is 4.39. The first-order valence-electron chi connectivity index (χ1n) is 5.92. The van der Waals surface area contributed by atoms with Gasteiger partial charge in [-0.3, -0.25) is 14.4 Å². The van der Waals surface area contributed by atoms with Crippen LogP contribution in [-0.4, -0.2) is 46.6 Å². The van der Waals surface area contributed by atoms with Gasteiger partial charge in [0.05, 0.1) is 5.92 Å². The summed E-state index contributed by atoms with van der Waals surface area (Å²) in [5.74, 6) is -3.52. The Morgan fingerprint density at radius 2 is 2.05 bits per heavy atom. The molecule has 1 aliphatic rings. The minimum Gasteiger partial charge on any atom is -0.481 e. The standard InChI is InChI=1S/C11H16N2O6/c14-8-4-6(5-12-8)10(17)13-7(11(18)19)2-1-3-9(15)16/h6-7H,1-5H2,(H,12,14)(H,13,17)(H,15,16)(H,18,19)/t6?,7-/m1/s1. The van der Waals surface area contributed by atoms with Crippen molar-refractivity contribution in [2.75, 3.05) is 6.54 Å². The summed E-state index contributed by atoms with van der Waals surface area (Å²) < 4.78 is 0. The highest BCUT2D eigenvalue weighted by atomic mass is 16.4. The van der Waals surface area contributed by atoms with Crippen molar-refractivity contribution < 1.29 is 29.4 Å². The second-order valence-electron chi connectivity index (χ2n) is 4.39. The van der Waals surface area contributed by atoms with Crippen molar-refractivity contribution in [3.8, 4) is 0 Å². The van der Waals surface area contributed by atoms with Gasteiger partial charge in [0.1, 0.15) is 6.04 Å². The minimum atomic E-state index is -1.21. The molecule has 1 rings (SSSR count). The zero-order valence-corrected chi connectivity index (χ0v) is 10.2. The predicted molar refractivity (Wildman–Crippen MR) is 62.2 cm³/mol. The van der Waals surface area contributed by atoms with Crippen LogP contribution in [0, 0.1) is 5.92 Å². The molecule has 0 aliphatic carbocycles. The van der Waals surface area contributed by atoms with Gasteiger partial charge in [-0.2, -0.15) is 0 Å². The number of carboxylic acids is 2. The summed E-state index contributed by atoms with van der Waals surface area (Å²) in [5, 5.41) is 22.2. The Morgan fingerprint density at radius 1 is 1.37 bits per heavy atom. The summed E-state index contributed by atoms with van der Waals surface area (Å²) in [6.07, 6.45) is 0.103. The molecule has 19 heavy (non-hydrogen) atoms. The zero-order valence-electron chi connectivity index (χ0n) is 10.2. The average molecular weight is 272 g/mol. The van der Waals surface area contributed by atoms with Crippen molar-refractivity contribution >= 4 is 23.8 Å². The lowest BCUT2D eigenvalue weighted by Crippen LogP contribution is -2.44. The molecule has 1 aliphatic heterocycles. The summed E-state index contributed by atoms with van der Waals surface area (Å²) in [6.45, 7) is 0.201. The number of amides is 2. The van der Waals surface area contributed by atoms with Crippen LogP contribution in [0.5, 0.6) is 0 Å². The second kappa shape index (κ2) is 6.72. The highest BCUT2D eigenvalue weighted by Gasteiger charge is 2.30. The van der Waals surface area contributed by atoms with E-state index < -0.39 is 29.8 Å². The van der Waals surface area contributed by atoms with Crippen LogP contribution < -0.4 is 10.6 Å².